The van der Waals surface area contributed by atoms with E-state index in [9.17, 15) is 4.79 Å². The maximum absolute atomic E-state index is 11.7. The summed E-state index contributed by atoms with van der Waals surface area (Å²) in [4.78, 5) is 11.7. The summed E-state index contributed by atoms with van der Waals surface area (Å²) in [6.45, 7) is 7.63. The Labute approximate surface area is 108 Å². The Morgan fingerprint density at radius 1 is 1.33 bits per heavy atom. The summed E-state index contributed by atoms with van der Waals surface area (Å²) in [7, 11) is 0. The molecule has 0 bridgehead atoms. The fraction of sp³-hybridized carbons (Fsp3) is 0.533. The summed E-state index contributed by atoms with van der Waals surface area (Å²) in [6.07, 6.45) is 2.87. The maximum Gasteiger partial charge on any atom is 0.228 e. The van der Waals surface area contributed by atoms with Crippen LogP contribution in [-0.2, 0) is 16.8 Å². The van der Waals surface area contributed by atoms with Crippen LogP contribution in [0.25, 0.3) is 0 Å². The molecule has 0 spiro atoms. The molecule has 2 aliphatic heterocycles. The fourth-order valence-electron chi connectivity index (χ4n) is 3.42. The molecule has 96 valence electrons. The molecule has 0 aromatic heterocycles. The smallest absolute Gasteiger partial charge is 0.228 e. The van der Waals surface area contributed by atoms with E-state index < -0.39 is 0 Å². The van der Waals surface area contributed by atoms with Gasteiger partial charge in [0, 0.05) is 11.2 Å². The van der Waals surface area contributed by atoms with Gasteiger partial charge in [-0.3, -0.25) is 4.79 Å². The highest BCUT2D eigenvalue weighted by atomic mass is 16.1. The average Bonchev–Trinajstić information content (AvgIpc) is 2.86. The van der Waals surface area contributed by atoms with Crippen molar-refractivity contribution in [3.63, 3.8) is 0 Å². The minimum absolute atomic E-state index is 0.0117. The molecular weight excluding hydrogens is 224 g/mol. The lowest BCUT2D eigenvalue weighted by Crippen LogP contribution is -2.35. The van der Waals surface area contributed by atoms with Gasteiger partial charge in [0.2, 0.25) is 5.91 Å². The van der Waals surface area contributed by atoms with Gasteiger partial charge in [-0.15, -0.1) is 0 Å². The Morgan fingerprint density at radius 2 is 2.11 bits per heavy atom. The molecule has 3 heteroatoms. The molecule has 1 fully saturated rings. The van der Waals surface area contributed by atoms with E-state index in [-0.39, 0.29) is 11.4 Å². The van der Waals surface area contributed by atoms with Crippen LogP contribution in [0.1, 0.15) is 42.0 Å². The van der Waals surface area contributed by atoms with Crippen molar-refractivity contribution in [2.75, 3.05) is 11.9 Å². The number of benzene rings is 1. The second kappa shape index (κ2) is 3.82. The number of hydrogen-bond acceptors (Lipinski definition) is 2. The normalized spacial score (nSPS) is 26.3. The average molecular weight is 244 g/mol. The summed E-state index contributed by atoms with van der Waals surface area (Å²) in [5, 5.41) is 6.67. The van der Waals surface area contributed by atoms with Crippen molar-refractivity contribution in [3.05, 3.63) is 28.3 Å². The lowest BCUT2D eigenvalue weighted by Gasteiger charge is -2.30. The highest BCUT2D eigenvalue weighted by Crippen LogP contribution is 2.42. The van der Waals surface area contributed by atoms with Gasteiger partial charge < -0.3 is 10.6 Å². The molecule has 1 saturated heterocycles. The standard InChI is InChI=1S/C15H20N2O/c1-9-7-11-8-12(18)17-14(11)13(10(9)2)15(3)5-4-6-16-15/h7,16H,4-6,8H2,1-3H3,(H,17,18). The summed E-state index contributed by atoms with van der Waals surface area (Å²) in [5.74, 6) is 0.123. The monoisotopic (exact) mass is 244 g/mol. The topological polar surface area (TPSA) is 41.1 Å². The van der Waals surface area contributed by atoms with E-state index in [1.807, 2.05) is 0 Å². The van der Waals surface area contributed by atoms with Crippen LogP contribution in [0.4, 0.5) is 5.69 Å². The number of rotatable bonds is 1. The molecule has 1 atom stereocenters. The quantitative estimate of drug-likeness (QED) is 0.796. The third kappa shape index (κ3) is 1.57. The van der Waals surface area contributed by atoms with Crippen molar-refractivity contribution in [1.82, 2.24) is 5.32 Å². The molecule has 0 aliphatic carbocycles. The number of carbonyl (C=O) groups is 1. The third-order valence-electron chi connectivity index (χ3n) is 4.46. The lowest BCUT2D eigenvalue weighted by molar-refractivity contribution is -0.115. The molecule has 0 radical (unpaired) electrons. The van der Waals surface area contributed by atoms with E-state index >= 15 is 0 Å². The van der Waals surface area contributed by atoms with Gasteiger partial charge in [0.25, 0.3) is 0 Å². The number of hydrogen-bond donors (Lipinski definition) is 2. The molecule has 2 aliphatic rings. The number of anilines is 1. The van der Waals surface area contributed by atoms with Gasteiger partial charge in [-0.25, -0.2) is 0 Å². The highest BCUT2D eigenvalue weighted by molar-refractivity contribution is 6.00. The van der Waals surface area contributed by atoms with Crippen molar-refractivity contribution in [1.29, 1.82) is 0 Å². The molecule has 2 N–H and O–H groups in total. The van der Waals surface area contributed by atoms with Crippen molar-refractivity contribution >= 4 is 11.6 Å². The molecular formula is C15H20N2O. The van der Waals surface area contributed by atoms with Crippen LogP contribution in [0.3, 0.4) is 0 Å². The number of amides is 1. The summed E-state index contributed by atoms with van der Waals surface area (Å²) in [6, 6.07) is 2.16. The molecule has 3 rings (SSSR count). The van der Waals surface area contributed by atoms with Crippen molar-refractivity contribution in [3.8, 4) is 0 Å². The first-order chi connectivity index (χ1) is 8.51. The third-order valence-corrected chi connectivity index (χ3v) is 4.46. The van der Waals surface area contributed by atoms with Gasteiger partial charge in [0.05, 0.1) is 6.42 Å². The Hall–Kier alpha value is -1.35. The van der Waals surface area contributed by atoms with Crippen LogP contribution in [-0.4, -0.2) is 12.5 Å². The van der Waals surface area contributed by atoms with Gasteiger partial charge in [0.1, 0.15) is 0 Å². The van der Waals surface area contributed by atoms with Crippen LogP contribution in [0, 0.1) is 13.8 Å². The van der Waals surface area contributed by atoms with Gasteiger partial charge in [-0.2, -0.15) is 0 Å². The van der Waals surface area contributed by atoms with Crippen molar-refractivity contribution in [2.24, 2.45) is 0 Å². The molecule has 3 nitrogen and oxygen atoms in total. The predicted molar refractivity (Wildman–Crippen MR) is 72.8 cm³/mol. The molecule has 1 aromatic carbocycles. The molecule has 18 heavy (non-hydrogen) atoms. The van der Waals surface area contributed by atoms with Gasteiger partial charge in [-0.05, 0) is 62.4 Å². The zero-order valence-electron chi connectivity index (χ0n) is 11.3. The number of aryl methyl sites for hydroxylation is 1. The zero-order valence-corrected chi connectivity index (χ0v) is 11.3. The number of fused-ring (bicyclic) bond motifs is 1. The van der Waals surface area contributed by atoms with Crippen molar-refractivity contribution in [2.45, 2.75) is 45.6 Å². The Morgan fingerprint density at radius 3 is 2.78 bits per heavy atom. The largest absolute Gasteiger partial charge is 0.325 e. The Kier molecular flexibility index (Phi) is 2.49. The zero-order chi connectivity index (χ0) is 12.9. The molecule has 1 unspecified atom stereocenters. The SMILES string of the molecule is Cc1cc2c(c(C3(C)CCCN3)c1C)NC(=O)C2. The Balaban J connectivity index is 2.22. The van der Waals surface area contributed by atoms with E-state index in [1.165, 1.54) is 23.1 Å². The van der Waals surface area contributed by atoms with Crippen LogP contribution < -0.4 is 10.6 Å². The summed E-state index contributed by atoms with van der Waals surface area (Å²) < 4.78 is 0. The first-order valence-electron chi connectivity index (χ1n) is 6.70. The highest BCUT2D eigenvalue weighted by Gasteiger charge is 2.36. The predicted octanol–water partition coefficient (Wildman–Crippen LogP) is 2.40. The van der Waals surface area contributed by atoms with E-state index in [2.05, 4.69) is 37.5 Å². The van der Waals surface area contributed by atoms with Crippen LogP contribution in [0.15, 0.2) is 6.07 Å². The Bertz CT molecular complexity index is 528. The van der Waals surface area contributed by atoms with Crippen LogP contribution in [0.2, 0.25) is 0 Å². The summed E-state index contributed by atoms with van der Waals surface area (Å²) >= 11 is 0. The van der Waals surface area contributed by atoms with Crippen LogP contribution >= 0.6 is 0 Å². The second-order valence-corrected chi connectivity index (χ2v) is 5.81. The van der Waals surface area contributed by atoms with E-state index in [1.54, 1.807) is 0 Å². The minimum atomic E-state index is 0.0117. The molecule has 1 aromatic rings. The van der Waals surface area contributed by atoms with Crippen molar-refractivity contribution < 1.29 is 4.79 Å². The number of nitrogens with one attached hydrogen (secondary N) is 2. The molecule has 0 saturated carbocycles. The number of carbonyl (C=O) groups excluding carboxylic acids is 1. The van der Waals surface area contributed by atoms with E-state index in [0.29, 0.717) is 6.42 Å². The minimum Gasteiger partial charge on any atom is -0.325 e. The second-order valence-electron chi connectivity index (χ2n) is 5.81. The first-order valence-corrected chi connectivity index (χ1v) is 6.70. The maximum atomic E-state index is 11.7. The van der Waals surface area contributed by atoms with E-state index in [0.717, 1.165) is 24.2 Å². The first kappa shape index (κ1) is 11.7. The van der Waals surface area contributed by atoms with Gasteiger partial charge in [-0.1, -0.05) is 6.07 Å². The van der Waals surface area contributed by atoms with E-state index in [4.69, 9.17) is 0 Å². The van der Waals surface area contributed by atoms with Gasteiger partial charge >= 0.3 is 0 Å². The molecule has 1 amide bonds. The van der Waals surface area contributed by atoms with Crippen LogP contribution in [0.5, 0.6) is 0 Å². The summed E-state index contributed by atoms with van der Waals surface area (Å²) in [5.41, 5.74) is 6.15. The fourth-order valence-corrected chi connectivity index (χ4v) is 3.42. The molecule has 2 heterocycles. The lowest BCUT2D eigenvalue weighted by atomic mass is 9.83. The van der Waals surface area contributed by atoms with Gasteiger partial charge in [0.15, 0.2) is 0 Å².